The molecule has 0 aromatic carbocycles. The fourth-order valence-electron chi connectivity index (χ4n) is 3.19. The van der Waals surface area contributed by atoms with Crippen LogP contribution in [0.1, 0.15) is 41.5 Å². The number of rotatable bonds is 6. The predicted molar refractivity (Wildman–Crippen MR) is 91.0 cm³/mol. The highest BCUT2D eigenvalue weighted by Gasteiger charge is 2.38. The highest BCUT2D eigenvalue weighted by atomic mass is 16.5. The summed E-state index contributed by atoms with van der Waals surface area (Å²) in [6.45, 7) is 1.48. The van der Waals surface area contributed by atoms with E-state index < -0.39 is 0 Å². The van der Waals surface area contributed by atoms with E-state index in [4.69, 9.17) is 4.74 Å². The maximum atomic E-state index is 12.9. The van der Waals surface area contributed by atoms with E-state index in [1.807, 2.05) is 12.1 Å². The molecule has 2 aromatic heterocycles. The van der Waals surface area contributed by atoms with Crippen molar-refractivity contribution in [1.82, 2.24) is 25.1 Å². The van der Waals surface area contributed by atoms with Gasteiger partial charge in [-0.25, -0.2) is 9.97 Å². The van der Waals surface area contributed by atoms with Crippen molar-refractivity contribution in [2.24, 2.45) is 5.92 Å². The Kier molecular flexibility index (Phi) is 4.35. The molecule has 8 nitrogen and oxygen atoms in total. The van der Waals surface area contributed by atoms with Crippen molar-refractivity contribution >= 4 is 11.7 Å². The first-order chi connectivity index (χ1) is 12.2. The lowest BCUT2D eigenvalue weighted by Crippen LogP contribution is -2.32. The minimum absolute atomic E-state index is 0.00788. The van der Waals surface area contributed by atoms with Crippen molar-refractivity contribution in [3.63, 3.8) is 0 Å². The third kappa shape index (κ3) is 3.48. The fourth-order valence-corrected chi connectivity index (χ4v) is 3.19. The number of pyridine rings is 1. The van der Waals surface area contributed by atoms with Gasteiger partial charge in [0.25, 0.3) is 5.91 Å². The average molecular weight is 342 g/mol. The van der Waals surface area contributed by atoms with Gasteiger partial charge in [-0.2, -0.15) is 5.10 Å². The molecule has 1 saturated heterocycles. The van der Waals surface area contributed by atoms with E-state index in [0.717, 1.165) is 18.3 Å². The van der Waals surface area contributed by atoms with Crippen LogP contribution in [0.5, 0.6) is 0 Å². The van der Waals surface area contributed by atoms with E-state index >= 15 is 0 Å². The summed E-state index contributed by atoms with van der Waals surface area (Å²) in [4.78, 5) is 23.3. The zero-order valence-electron chi connectivity index (χ0n) is 14.2. The van der Waals surface area contributed by atoms with E-state index in [0.29, 0.717) is 24.4 Å². The fraction of sp³-hybridized carbons (Fsp3) is 0.529. The summed E-state index contributed by atoms with van der Waals surface area (Å²) in [5.41, 5.74) is 0.568. The van der Waals surface area contributed by atoms with Gasteiger partial charge in [0, 0.05) is 32.8 Å². The van der Waals surface area contributed by atoms with Crippen molar-refractivity contribution in [2.45, 2.75) is 31.4 Å². The van der Waals surface area contributed by atoms with Crippen LogP contribution < -0.4 is 5.32 Å². The third-order valence-corrected chi connectivity index (χ3v) is 4.89. The molecule has 2 fully saturated rings. The zero-order valence-corrected chi connectivity index (χ0v) is 14.2. The number of carbonyl (C=O) groups excluding carboxylic acids is 1. The summed E-state index contributed by atoms with van der Waals surface area (Å²) in [6, 6.07) is 3.53. The molecule has 1 amide bonds. The number of nitrogens with zero attached hydrogens (tertiary/aromatic N) is 4. The molecule has 2 aromatic rings. The molecular formula is C17H22N6O2. The molecule has 132 valence electrons. The van der Waals surface area contributed by atoms with Crippen LogP contribution in [-0.4, -0.2) is 57.3 Å². The van der Waals surface area contributed by atoms with Crippen molar-refractivity contribution < 1.29 is 9.53 Å². The van der Waals surface area contributed by atoms with Crippen LogP contribution in [0.3, 0.4) is 0 Å². The molecule has 3 heterocycles. The number of likely N-dealkylation sites (tertiary alicyclic amines) is 1. The number of hydrogen-bond donors (Lipinski definition) is 2. The van der Waals surface area contributed by atoms with Crippen LogP contribution in [0.25, 0.3) is 0 Å². The second kappa shape index (κ2) is 6.79. The molecule has 0 bridgehead atoms. The quantitative estimate of drug-likeness (QED) is 0.828. The second-order valence-corrected chi connectivity index (χ2v) is 6.69. The van der Waals surface area contributed by atoms with E-state index in [2.05, 4.69) is 25.5 Å². The van der Waals surface area contributed by atoms with Crippen LogP contribution in [0.4, 0.5) is 5.82 Å². The van der Waals surface area contributed by atoms with E-state index in [-0.39, 0.29) is 18.1 Å². The van der Waals surface area contributed by atoms with Gasteiger partial charge in [-0.15, -0.1) is 0 Å². The van der Waals surface area contributed by atoms with Crippen LogP contribution in [0, 0.1) is 5.92 Å². The lowest BCUT2D eigenvalue weighted by molar-refractivity contribution is 0.0684. The smallest absolute Gasteiger partial charge is 0.256 e. The number of aromatic nitrogens is 4. The number of ether oxygens (including phenoxy) is 1. The standard InChI is InChI=1S/C17H22N6O2/c1-25-13-6-14(16-20-10-21-22-16)23(9-13)17(24)12-4-5-15(19-8-12)18-7-11-2-3-11/h4-5,8,10-11,13-14H,2-3,6-7,9H2,1H3,(H,18,19)(H,20,21,22)/t13-,14+/m1/s1. The first-order valence-corrected chi connectivity index (χ1v) is 8.63. The topological polar surface area (TPSA) is 96.0 Å². The van der Waals surface area contributed by atoms with Gasteiger partial charge in [0.05, 0.1) is 17.7 Å². The molecule has 1 saturated carbocycles. The highest BCUT2D eigenvalue weighted by Crippen LogP contribution is 2.32. The number of amides is 1. The molecular weight excluding hydrogens is 320 g/mol. The van der Waals surface area contributed by atoms with Gasteiger partial charge < -0.3 is 15.0 Å². The van der Waals surface area contributed by atoms with Gasteiger partial charge in [0.15, 0.2) is 0 Å². The lowest BCUT2D eigenvalue weighted by atomic mass is 10.1. The molecule has 2 atom stereocenters. The Bertz CT molecular complexity index is 713. The molecule has 2 aliphatic rings. The van der Waals surface area contributed by atoms with Gasteiger partial charge in [0.2, 0.25) is 0 Å². The largest absolute Gasteiger partial charge is 0.380 e. The molecule has 8 heteroatoms. The Morgan fingerprint density at radius 2 is 2.28 bits per heavy atom. The predicted octanol–water partition coefficient (Wildman–Crippen LogP) is 1.62. The molecule has 0 unspecified atom stereocenters. The SMILES string of the molecule is CO[C@@H]1C[C@@H](c2ncn[nH]2)N(C(=O)c2ccc(NCC3CC3)nc2)C1. The summed E-state index contributed by atoms with van der Waals surface area (Å²) < 4.78 is 5.45. The molecule has 4 rings (SSSR count). The number of carbonyl (C=O) groups is 1. The Morgan fingerprint density at radius 1 is 1.40 bits per heavy atom. The minimum Gasteiger partial charge on any atom is -0.380 e. The molecule has 1 aliphatic heterocycles. The van der Waals surface area contributed by atoms with Crippen LogP contribution >= 0.6 is 0 Å². The Morgan fingerprint density at radius 3 is 2.92 bits per heavy atom. The van der Waals surface area contributed by atoms with E-state index in [9.17, 15) is 4.79 Å². The number of aromatic amines is 1. The summed E-state index contributed by atoms with van der Waals surface area (Å²) in [6.07, 6.45) is 6.37. The van der Waals surface area contributed by atoms with Crippen LogP contribution in [0.2, 0.25) is 0 Å². The normalized spacial score (nSPS) is 23.0. The number of hydrogen-bond acceptors (Lipinski definition) is 6. The molecule has 1 aliphatic carbocycles. The van der Waals surface area contributed by atoms with Crippen molar-refractivity contribution in [3.05, 3.63) is 36.0 Å². The van der Waals surface area contributed by atoms with Crippen LogP contribution in [0.15, 0.2) is 24.7 Å². The molecule has 25 heavy (non-hydrogen) atoms. The zero-order chi connectivity index (χ0) is 17.2. The number of methoxy groups -OCH3 is 1. The minimum atomic E-state index is -0.160. The molecule has 0 spiro atoms. The molecule has 0 radical (unpaired) electrons. The van der Waals surface area contributed by atoms with Gasteiger partial charge >= 0.3 is 0 Å². The first kappa shape index (κ1) is 16.0. The monoisotopic (exact) mass is 342 g/mol. The highest BCUT2D eigenvalue weighted by molar-refractivity contribution is 5.94. The summed E-state index contributed by atoms with van der Waals surface area (Å²) in [7, 11) is 1.66. The van der Waals surface area contributed by atoms with Gasteiger partial charge in [-0.3, -0.25) is 9.89 Å². The van der Waals surface area contributed by atoms with E-state index in [1.165, 1.54) is 19.2 Å². The number of H-pyrrole nitrogens is 1. The average Bonchev–Trinajstić information content (AvgIpc) is 3.14. The number of nitrogens with one attached hydrogen (secondary N) is 2. The van der Waals surface area contributed by atoms with E-state index in [1.54, 1.807) is 18.2 Å². The van der Waals surface area contributed by atoms with Crippen molar-refractivity contribution in [3.8, 4) is 0 Å². The third-order valence-electron chi connectivity index (χ3n) is 4.89. The maximum Gasteiger partial charge on any atom is 0.256 e. The maximum absolute atomic E-state index is 12.9. The Hall–Kier alpha value is -2.48. The van der Waals surface area contributed by atoms with Crippen LogP contribution in [-0.2, 0) is 4.74 Å². The number of anilines is 1. The lowest BCUT2D eigenvalue weighted by Gasteiger charge is -2.22. The van der Waals surface area contributed by atoms with Crippen molar-refractivity contribution in [2.75, 3.05) is 25.5 Å². The van der Waals surface area contributed by atoms with Gasteiger partial charge in [0.1, 0.15) is 18.0 Å². The first-order valence-electron chi connectivity index (χ1n) is 8.63. The second-order valence-electron chi connectivity index (χ2n) is 6.69. The Balaban J connectivity index is 1.47. The van der Waals surface area contributed by atoms with Crippen molar-refractivity contribution in [1.29, 1.82) is 0 Å². The van der Waals surface area contributed by atoms with Gasteiger partial charge in [-0.1, -0.05) is 0 Å². The summed E-state index contributed by atoms with van der Waals surface area (Å²) in [5, 5.41) is 10.1. The summed E-state index contributed by atoms with van der Waals surface area (Å²) >= 11 is 0. The Labute approximate surface area is 146 Å². The molecule has 2 N–H and O–H groups in total. The summed E-state index contributed by atoms with van der Waals surface area (Å²) in [5.74, 6) is 2.21. The van der Waals surface area contributed by atoms with Gasteiger partial charge in [-0.05, 0) is 30.9 Å².